The van der Waals surface area contributed by atoms with Crippen molar-refractivity contribution in [3.05, 3.63) is 52.3 Å². The summed E-state index contributed by atoms with van der Waals surface area (Å²) in [4.78, 5) is 27.5. The number of alkyl halides is 2. The van der Waals surface area contributed by atoms with Gasteiger partial charge in [-0.25, -0.2) is 0 Å². The van der Waals surface area contributed by atoms with Gasteiger partial charge in [-0.3, -0.25) is 9.59 Å². The van der Waals surface area contributed by atoms with Crippen molar-refractivity contribution in [2.24, 2.45) is 0 Å². The van der Waals surface area contributed by atoms with E-state index in [1.54, 1.807) is 19.1 Å². The van der Waals surface area contributed by atoms with Crippen LogP contribution in [0.4, 0.5) is 8.78 Å². The zero-order valence-corrected chi connectivity index (χ0v) is 14.4. The van der Waals surface area contributed by atoms with Crippen LogP contribution < -0.4 is 10.1 Å². The predicted molar refractivity (Wildman–Crippen MR) is 91.9 cm³/mol. The molecule has 1 aliphatic carbocycles. The van der Waals surface area contributed by atoms with Crippen LogP contribution in [0, 0.1) is 6.92 Å². The molecule has 0 bridgehead atoms. The van der Waals surface area contributed by atoms with Gasteiger partial charge in [0.25, 0.3) is 5.91 Å². The lowest BCUT2D eigenvalue weighted by molar-refractivity contribution is -0.0498. The largest absolute Gasteiger partial charge is 0.435 e. The Labute approximate surface area is 149 Å². The SMILES string of the molecule is Cc1c(C(=O)NCCc2ccc(OC(F)F)cc2)[nH]c2c1C(=O)CCC2. The Hall–Kier alpha value is -2.70. The molecule has 0 fully saturated rings. The summed E-state index contributed by atoms with van der Waals surface area (Å²) < 4.78 is 28.5. The van der Waals surface area contributed by atoms with E-state index in [4.69, 9.17) is 0 Å². The van der Waals surface area contributed by atoms with E-state index in [-0.39, 0.29) is 17.4 Å². The number of nitrogens with one attached hydrogen (secondary N) is 2. The van der Waals surface area contributed by atoms with Crippen LogP contribution in [-0.2, 0) is 12.8 Å². The van der Waals surface area contributed by atoms with Gasteiger partial charge >= 0.3 is 6.61 Å². The Bertz CT molecular complexity index is 813. The van der Waals surface area contributed by atoms with Crippen LogP contribution in [0.15, 0.2) is 24.3 Å². The average molecular weight is 362 g/mol. The number of aryl methyl sites for hydroxylation is 1. The Balaban J connectivity index is 1.57. The summed E-state index contributed by atoms with van der Waals surface area (Å²) in [7, 11) is 0. The molecule has 0 aliphatic heterocycles. The maximum absolute atomic E-state index is 12.4. The Morgan fingerprint density at radius 3 is 2.65 bits per heavy atom. The van der Waals surface area contributed by atoms with Crippen molar-refractivity contribution in [1.82, 2.24) is 10.3 Å². The molecule has 7 heteroatoms. The zero-order chi connectivity index (χ0) is 18.7. The number of ether oxygens (including phenoxy) is 1. The molecule has 0 spiro atoms. The molecule has 1 aromatic carbocycles. The van der Waals surface area contributed by atoms with E-state index in [1.807, 2.05) is 0 Å². The third-order valence-electron chi connectivity index (χ3n) is 4.51. The van der Waals surface area contributed by atoms with Gasteiger partial charge in [-0.1, -0.05) is 12.1 Å². The first-order valence-corrected chi connectivity index (χ1v) is 8.52. The van der Waals surface area contributed by atoms with E-state index >= 15 is 0 Å². The summed E-state index contributed by atoms with van der Waals surface area (Å²) >= 11 is 0. The van der Waals surface area contributed by atoms with Gasteiger partial charge in [-0.15, -0.1) is 0 Å². The molecular formula is C19H20F2N2O3. The molecule has 1 heterocycles. The fraction of sp³-hybridized carbons (Fsp3) is 0.368. The van der Waals surface area contributed by atoms with Crippen molar-refractivity contribution >= 4 is 11.7 Å². The molecule has 0 saturated heterocycles. The summed E-state index contributed by atoms with van der Waals surface area (Å²) in [5.74, 6) is -0.0578. The van der Waals surface area contributed by atoms with Crippen LogP contribution in [0.3, 0.4) is 0 Å². The standard InChI is InChI=1S/C19H20F2N2O3/c1-11-16-14(3-2-4-15(16)24)23-17(11)18(25)22-10-9-12-5-7-13(8-6-12)26-19(20)21/h5-8,19,23H,2-4,9-10H2,1H3,(H,22,25). The van der Waals surface area contributed by atoms with Crippen molar-refractivity contribution < 1.29 is 23.1 Å². The Morgan fingerprint density at radius 2 is 2.00 bits per heavy atom. The van der Waals surface area contributed by atoms with Gasteiger partial charge in [0.1, 0.15) is 11.4 Å². The van der Waals surface area contributed by atoms with Gasteiger partial charge in [0.15, 0.2) is 5.78 Å². The number of Topliss-reactive ketones (excluding diaryl/α,β-unsaturated/α-hetero) is 1. The smallest absolute Gasteiger partial charge is 0.387 e. The highest BCUT2D eigenvalue weighted by Crippen LogP contribution is 2.26. The molecular weight excluding hydrogens is 342 g/mol. The fourth-order valence-electron chi connectivity index (χ4n) is 3.25. The van der Waals surface area contributed by atoms with E-state index in [0.29, 0.717) is 36.2 Å². The van der Waals surface area contributed by atoms with Crippen LogP contribution in [0.5, 0.6) is 5.75 Å². The zero-order valence-electron chi connectivity index (χ0n) is 14.4. The monoisotopic (exact) mass is 362 g/mol. The first kappa shape index (κ1) is 18.1. The highest BCUT2D eigenvalue weighted by Gasteiger charge is 2.26. The number of ketones is 1. The first-order valence-electron chi connectivity index (χ1n) is 8.52. The lowest BCUT2D eigenvalue weighted by atomic mass is 9.94. The normalized spacial score (nSPS) is 13.6. The molecule has 3 rings (SSSR count). The second-order valence-corrected chi connectivity index (χ2v) is 6.28. The quantitative estimate of drug-likeness (QED) is 0.827. The minimum atomic E-state index is -2.85. The van der Waals surface area contributed by atoms with E-state index < -0.39 is 6.61 Å². The molecule has 2 aromatic rings. The predicted octanol–water partition coefficient (Wildman–Crippen LogP) is 3.42. The van der Waals surface area contributed by atoms with E-state index in [9.17, 15) is 18.4 Å². The number of carbonyl (C=O) groups excluding carboxylic acids is 2. The summed E-state index contributed by atoms with van der Waals surface area (Å²) in [6.45, 7) is -0.665. The number of aromatic nitrogens is 1. The van der Waals surface area contributed by atoms with E-state index in [1.165, 1.54) is 12.1 Å². The molecule has 0 saturated carbocycles. The topological polar surface area (TPSA) is 71.2 Å². The first-order chi connectivity index (χ1) is 12.5. The molecule has 0 radical (unpaired) electrons. The van der Waals surface area contributed by atoms with Gasteiger partial charge in [-0.05, 0) is 49.4 Å². The van der Waals surface area contributed by atoms with E-state index in [0.717, 1.165) is 24.1 Å². The number of rotatable bonds is 6. The lowest BCUT2D eigenvalue weighted by Crippen LogP contribution is -2.26. The van der Waals surface area contributed by atoms with Crippen LogP contribution in [0.1, 0.15) is 50.5 Å². The van der Waals surface area contributed by atoms with Crippen molar-refractivity contribution in [2.75, 3.05) is 6.54 Å². The van der Waals surface area contributed by atoms with Crippen LogP contribution >= 0.6 is 0 Å². The molecule has 5 nitrogen and oxygen atoms in total. The van der Waals surface area contributed by atoms with Gasteiger partial charge < -0.3 is 15.0 Å². The molecule has 26 heavy (non-hydrogen) atoms. The van der Waals surface area contributed by atoms with Gasteiger partial charge in [-0.2, -0.15) is 8.78 Å². The summed E-state index contributed by atoms with van der Waals surface area (Å²) in [5, 5.41) is 2.83. The minimum absolute atomic E-state index is 0.0881. The number of carbonyl (C=O) groups is 2. The second-order valence-electron chi connectivity index (χ2n) is 6.28. The highest BCUT2D eigenvalue weighted by molar-refractivity contribution is 6.04. The minimum Gasteiger partial charge on any atom is -0.435 e. The number of halogens is 2. The second kappa shape index (κ2) is 7.68. The molecule has 2 N–H and O–H groups in total. The third-order valence-corrected chi connectivity index (χ3v) is 4.51. The summed E-state index contributed by atoms with van der Waals surface area (Å²) in [6.07, 6.45) is 2.66. The summed E-state index contributed by atoms with van der Waals surface area (Å²) in [6, 6.07) is 6.30. The molecule has 0 atom stereocenters. The number of hydrogen-bond acceptors (Lipinski definition) is 3. The molecule has 1 amide bonds. The molecule has 0 unspecified atom stereocenters. The van der Waals surface area contributed by atoms with E-state index in [2.05, 4.69) is 15.0 Å². The van der Waals surface area contributed by atoms with Crippen molar-refractivity contribution in [2.45, 2.75) is 39.2 Å². The number of aromatic amines is 1. The van der Waals surface area contributed by atoms with Crippen molar-refractivity contribution in [3.63, 3.8) is 0 Å². The van der Waals surface area contributed by atoms with Gasteiger partial charge in [0.2, 0.25) is 0 Å². The van der Waals surface area contributed by atoms with Crippen LogP contribution in [0.2, 0.25) is 0 Å². The Morgan fingerprint density at radius 1 is 1.27 bits per heavy atom. The van der Waals surface area contributed by atoms with Crippen LogP contribution in [0.25, 0.3) is 0 Å². The number of fused-ring (bicyclic) bond motifs is 1. The van der Waals surface area contributed by atoms with Crippen LogP contribution in [-0.4, -0.2) is 29.8 Å². The third kappa shape index (κ3) is 3.92. The maximum Gasteiger partial charge on any atom is 0.387 e. The molecule has 1 aromatic heterocycles. The summed E-state index contributed by atoms with van der Waals surface area (Å²) in [5.41, 5.74) is 3.54. The fourth-order valence-corrected chi connectivity index (χ4v) is 3.25. The highest BCUT2D eigenvalue weighted by atomic mass is 19.3. The van der Waals surface area contributed by atoms with Crippen molar-refractivity contribution in [1.29, 1.82) is 0 Å². The maximum atomic E-state index is 12.4. The molecule has 1 aliphatic rings. The van der Waals surface area contributed by atoms with Gasteiger partial charge in [0.05, 0.1) is 0 Å². The number of amides is 1. The van der Waals surface area contributed by atoms with Crippen molar-refractivity contribution in [3.8, 4) is 5.75 Å². The Kier molecular flexibility index (Phi) is 5.35. The average Bonchev–Trinajstić information content (AvgIpc) is 2.94. The number of H-pyrrole nitrogens is 1. The number of benzene rings is 1. The lowest BCUT2D eigenvalue weighted by Gasteiger charge is -2.09. The van der Waals surface area contributed by atoms with Gasteiger partial charge in [0, 0.05) is 24.2 Å². The molecule has 138 valence electrons. The number of hydrogen-bond donors (Lipinski definition) is 2.